The molecule has 0 bridgehead atoms. The van der Waals surface area contributed by atoms with Gasteiger partial charge in [0, 0.05) is 18.5 Å². The Morgan fingerprint density at radius 1 is 1.26 bits per heavy atom. The lowest BCUT2D eigenvalue weighted by Gasteiger charge is -2.37. The van der Waals surface area contributed by atoms with Gasteiger partial charge in [0.05, 0.1) is 0 Å². The molecule has 0 radical (unpaired) electrons. The minimum absolute atomic E-state index is 0.111. The quantitative estimate of drug-likeness (QED) is 0.885. The molecule has 1 saturated carbocycles. The van der Waals surface area contributed by atoms with Crippen molar-refractivity contribution in [2.24, 2.45) is 5.73 Å². The molecule has 1 aliphatic rings. The molecule has 0 heterocycles. The predicted octanol–water partition coefficient (Wildman–Crippen LogP) is 3.87. The lowest BCUT2D eigenvalue weighted by molar-refractivity contribution is 0.0523. The maximum Gasteiger partial charge on any atom is 0.407 e. The Labute approximate surface area is 139 Å². The van der Waals surface area contributed by atoms with Crippen LogP contribution in [0.25, 0.3) is 0 Å². The number of ether oxygens (including phenoxy) is 1. The Kier molecular flexibility index (Phi) is 5.69. The summed E-state index contributed by atoms with van der Waals surface area (Å²) < 4.78 is 5.28. The summed E-state index contributed by atoms with van der Waals surface area (Å²) >= 11 is 0. The van der Waals surface area contributed by atoms with E-state index in [0.29, 0.717) is 13.1 Å². The number of nitrogens with two attached hydrogens (primary N) is 1. The van der Waals surface area contributed by atoms with Crippen LogP contribution in [0.4, 0.5) is 4.79 Å². The van der Waals surface area contributed by atoms with Gasteiger partial charge in [-0.05, 0) is 44.7 Å². The molecule has 0 unspecified atom stereocenters. The molecule has 1 aromatic carbocycles. The zero-order valence-corrected chi connectivity index (χ0v) is 14.7. The summed E-state index contributed by atoms with van der Waals surface area (Å²) in [5.41, 5.74) is 8.16. The highest BCUT2D eigenvalue weighted by atomic mass is 16.6. The van der Waals surface area contributed by atoms with E-state index in [1.54, 1.807) is 0 Å². The molecule has 23 heavy (non-hydrogen) atoms. The van der Waals surface area contributed by atoms with E-state index in [2.05, 4.69) is 23.5 Å². The van der Waals surface area contributed by atoms with Crippen molar-refractivity contribution in [2.75, 3.05) is 6.54 Å². The fraction of sp³-hybridized carbons (Fsp3) is 0.632. The molecular weight excluding hydrogens is 288 g/mol. The number of nitrogens with one attached hydrogen (secondary N) is 1. The summed E-state index contributed by atoms with van der Waals surface area (Å²) in [7, 11) is 0. The first-order valence-corrected chi connectivity index (χ1v) is 8.61. The van der Waals surface area contributed by atoms with Crippen LogP contribution in [-0.2, 0) is 16.7 Å². The van der Waals surface area contributed by atoms with E-state index in [1.165, 1.54) is 24.8 Å². The largest absolute Gasteiger partial charge is 0.444 e. The maximum atomic E-state index is 11.8. The third-order valence-electron chi connectivity index (χ3n) is 4.58. The second-order valence-electron chi connectivity index (χ2n) is 7.60. The van der Waals surface area contributed by atoms with Crippen molar-refractivity contribution in [3.05, 3.63) is 35.4 Å². The second kappa shape index (κ2) is 7.35. The van der Waals surface area contributed by atoms with Crippen LogP contribution >= 0.6 is 0 Å². The van der Waals surface area contributed by atoms with Gasteiger partial charge >= 0.3 is 6.09 Å². The molecule has 0 spiro atoms. The Balaban J connectivity index is 2.03. The Morgan fingerprint density at radius 3 is 2.57 bits per heavy atom. The molecule has 1 aromatic rings. The summed E-state index contributed by atoms with van der Waals surface area (Å²) in [6, 6.07) is 8.46. The summed E-state index contributed by atoms with van der Waals surface area (Å²) in [5.74, 6) is 0. The van der Waals surface area contributed by atoms with E-state index in [0.717, 1.165) is 18.4 Å². The van der Waals surface area contributed by atoms with Crippen LogP contribution in [0.3, 0.4) is 0 Å². The van der Waals surface area contributed by atoms with Gasteiger partial charge in [-0.1, -0.05) is 43.5 Å². The Morgan fingerprint density at radius 2 is 1.96 bits per heavy atom. The molecule has 4 nitrogen and oxygen atoms in total. The zero-order chi connectivity index (χ0) is 16.9. The molecule has 0 saturated heterocycles. The van der Waals surface area contributed by atoms with Crippen LogP contribution in [0.5, 0.6) is 0 Å². The standard InChI is InChI=1S/C19H30N2O2/c1-18(2,3)23-17(22)21-13-15-8-7-9-16(12-15)19(14-20)10-5-4-6-11-19/h7-9,12H,4-6,10-11,13-14,20H2,1-3H3,(H,21,22). The normalized spacial score (nSPS) is 17.6. The van der Waals surface area contributed by atoms with Crippen molar-refractivity contribution in [3.63, 3.8) is 0 Å². The van der Waals surface area contributed by atoms with E-state index in [4.69, 9.17) is 10.5 Å². The van der Waals surface area contributed by atoms with Crippen LogP contribution in [0.2, 0.25) is 0 Å². The average molecular weight is 318 g/mol. The lowest BCUT2D eigenvalue weighted by Crippen LogP contribution is -2.37. The number of hydrogen-bond donors (Lipinski definition) is 2. The molecule has 0 aliphatic heterocycles. The van der Waals surface area contributed by atoms with E-state index < -0.39 is 5.60 Å². The van der Waals surface area contributed by atoms with Crippen molar-refractivity contribution in [1.82, 2.24) is 5.32 Å². The number of hydrogen-bond acceptors (Lipinski definition) is 3. The van der Waals surface area contributed by atoms with Crippen LogP contribution in [0.1, 0.15) is 64.0 Å². The predicted molar refractivity (Wildman–Crippen MR) is 93.3 cm³/mol. The highest BCUT2D eigenvalue weighted by Crippen LogP contribution is 2.38. The first-order valence-electron chi connectivity index (χ1n) is 8.61. The SMILES string of the molecule is CC(C)(C)OC(=O)NCc1cccc(C2(CN)CCCCC2)c1. The van der Waals surface area contributed by atoms with E-state index in [9.17, 15) is 4.79 Å². The third-order valence-corrected chi connectivity index (χ3v) is 4.58. The number of alkyl carbamates (subject to hydrolysis) is 1. The minimum Gasteiger partial charge on any atom is -0.444 e. The monoisotopic (exact) mass is 318 g/mol. The molecule has 0 aromatic heterocycles. The van der Waals surface area contributed by atoms with Crippen LogP contribution in [0, 0.1) is 0 Å². The molecule has 128 valence electrons. The fourth-order valence-corrected chi connectivity index (χ4v) is 3.34. The van der Waals surface area contributed by atoms with Crippen molar-refractivity contribution in [1.29, 1.82) is 0 Å². The molecule has 1 amide bonds. The first kappa shape index (κ1) is 17.8. The molecule has 1 fully saturated rings. The number of carbonyl (C=O) groups excluding carboxylic acids is 1. The molecule has 0 atom stereocenters. The average Bonchev–Trinajstić information content (AvgIpc) is 2.52. The van der Waals surface area contributed by atoms with Crippen LogP contribution < -0.4 is 11.1 Å². The smallest absolute Gasteiger partial charge is 0.407 e. The Bertz CT molecular complexity index is 528. The van der Waals surface area contributed by atoms with Gasteiger partial charge in [-0.2, -0.15) is 0 Å². The van der Waals surface area contributed by atoms with Gasteiger partial charge in [-0.15, -0.1) is 0 Å². The summed E-state index contributed by atoms with van der Waals surface area (Å²) in [5, 5.41) is 2.82. The maximum absolute atomic E-state index is 11.8. The number of rotatable bonds is 4. The van der Waals surface area contributed by atoms with Gasteiger partial charge in [0.15, 0.2) is 0 Å². The van der Waals surface area contributed by atoms with Crippen LogP contribution in [-0.4, -0.2) is 18.2 Å². The van der Waals surface area contributed by atoms with Crippen molar-refractivity contribution < 1.29 is 9.53 Å². The van der Waals surface area contributed by atoms with Gasteiger partial charge in [-0.25, -0.2) is 4.79 Å². The van der Waals surface area contributed by atoms with Crippen molar-refractivity contribution >= 4 is 6.09 Å². The molecule has 2 rings (SSSR count). The third kappa shape index (κ3) is 4.96. The van der Waals surface area contributed by atoms with Crippen molar-refractivity contribution in [3.8, 4) is 0 Å². The minimum atomic E-state index is -0.475. The van der Waals surface area contributed by atoms with E-state index in [-0.39, 0.29) is 11.5 Å². The lowest BCUT2D eigenvalue weighted by atomic mass is 9.69. The number of carbonyl (C=O) groups is 1. The summed E-state index contributed by atoms with van der Waals surface area (Å²) in [6.07, 6.45) is 5.74. The van der Waals surface area contributed by atoms with Crippen molar-refractivity contribution in [2.45, 2.75) is 70.4 Å². The molecule has 1 aliphatic carbocycles. The van der Waals surface area contributed by atoms with Crippen LogP contribution in [0.15, 0.2) is 24.3 Å². The summed E-state index contributed by atoms with van der Waals surface area (Å²) in [6.45, 7) is 6.75. The molecule has 3 N–H and O–H groups in total. The molecular formula is C19H30N2O2. The van der Waals surface area contributed by atoms with Gasteiger partial charge < -0.3 is 15.8 Å². The van der Waals surface area contributed by atoms with E-state index in [1.807, 2.05) is 26.8 Å². The van der Waals surface area contributed by atoms with Gasteiger partial charge in [0.2, 0.25) is 0 Å². The van der Waals surface area contributed by atoms with Gasteiger partial charge in [0.25, 0.3) is 0 Å². The van der Waals surface area contributed by atoms with Gasteiger partial charge in [0.1, 0.15) is 5.60 Å². The summed E-state index contributed by atoms with van der Waals surface area (Å²) in [4.78, 5) is 11.8. The first-order chi connectivity index (χ1) is 10.8. The zero-order valence-electron chi connectivity index (χ0n) is 14.7. The topological polar surface area (TPSA) is 64.3 Å². The Hall–Kier alpha value is -1.55. The van der Waals surface area contributed by atoms with Gasteiger partial charge in [-0.3, -0.25) is 0 Å². The highest BCUT2D eigenvalue weighted by Gasteiger charge is 2.32. The van der Waals surface area contributed by atoms with E-state index >= 15 is 0 Å². The second-order valence-corrected chi connectivity index (χ2v) is 7.60. The highest BCUT2D eigenvalue weighted by molar-refractivity contribution is 5.67. The number of benzene rings is 1. The fourth-order valence-electron chi connectivity index (χ4n) is 3.34. The molecule has 4 heteroatoms. The number of amides is 1.